The average molecular weight is 510 g/mol. The van der Waals surface area contributed by atoms with Crippen molar-refractivity contribution in [1.29, 1.82) is 0 Å². The summed E-state index contributed by atoms with van der Waals surface area (Å²) in [6.07, 6.45) is 4.65. The van der Waals surface area contributed by atoms with Crippen molar-refractivity contribution in [3.63, 3.8) is 0 Å². The van der Waals surface area contributed by atoms with Crippen molar-refractivity contribution in [2.75, 3.05) is 13.1 Å². The molecule has 5 nitrogen and oxygen atoms in total. The van der Waals surface area contributed by atoms with E-state index in [1.807, 2.05) is 19.1 Å². The fourth-order valence-electron chi connectivity index (χ4n) is 5.54. The van der Waals surface area contributed by atoms with Gasteiger partial charge in [0.1, 0.15) is 11.4 Å². The molecule has 0 unspecified atom stereocenters. The van der Waals surface area contributed by atoms with Crippen LogP contribution in [0.15, 0.2) is 47.5 Å². The zero-order chi connectivity index (χ0) is 26.8. The molecule has 0 bridgehead atoms. The number of rotatable bonds is 7. The summed E-state index contributed by atoms with van der Waals surface area (Å²) in [7, 11) is 0. The molecule has 4 rings (SSSR count). The molecule has 2 amide bonds. The van der Waals surface area contributed by atoms with E-state index in [4.69, 9.17) is 4.99 Å². The van der Waals surface area contributed by atoms with Crippen molar-refractivity contribution in [2.24, 2.45) is 16.3 Å². The normalized spacial score (nSPS) is 21.9. The predicted octanol–water partition coefficient (Wildman–Crippen LogP) is 5.91. The van der Waals surface area contributed by atoms with Crippen molar-refractivity contribution >= 4 is 17.5 Å². The molecular formula is C30H37F2N3O2. The monoisotopic (exact) mass is 509 g/mol. The Hall–Kier alpha value is -3.09. The molecule has 1 N–H and O–H groups in total. The van der Waals surface area contributed by atoms with Gasteiger partial charge in [0.15, 0.2) is 11.6 Å². The predicted molar refractivity (Wildman–Crippen MR) is 142 cm³/mol. The van der Waals surface area contributed by atoms with Crippen LogP contribution in [0.3, 0.4) is 0 Å². The highest BCUT2D eigenvalue weighted by Gasteiger charge is 2.50. The number of benzene rings is 2. The third-order valence-electron chi connectivity index (χ3n) is 7.86. The van der Waals surface area contributed by atoms with Crippen LogP contribution in [0.2, 0.25) is 0 Å². The lowest BCUT2D eigenvalue weighted by Crippen LogP contribution is -2.50. The molecule has 2 aromatic rings. The number of aliphatic imine (C=N–C) groups is 1. The fourth-order valence-corrected chi connectivity index (χ4v) is 5.54. The molecule has 0 saturated heterocycles. The van der Waals surface area contributed by atoms with Crippen molar-refractivity contribution < 1.29 is 18.4 Å². The van der Waals surface area contributed by atoms with Crippen molar-refractivity contribution in [2.45, 2.75) is 71.9 Å². The van der Waals surface area contributed by atoms with Crippen LogP contribution in [0.5, 0.6) is 0 Å². The SMILES string of the molecule is CCCNC(=O)c1ccc(CCN2C(=O)C(c3cccc(F)c3F)=NC23CCC(C(C)(C)C)CC3)cc1. The van der Waals surface area contributed by atoms with Crippen molar-refractivity contribution in [3.05, 3.63) is 70.8 Å². The Morgan fingerprint density at radius 3 is 2.41 bits per heavy atom. The lowest BCUT2D eigenvalue weighted by Gasteiger charge is -2.45. The van der Waals surface area contributed by atoms with Crippen LogP contribution in [0, 0.1) is 23.0 Å². The summed E-state index contributed by atoms with van der Waals surface area (Å²) >= 11 is 0. The van der Waals surface area contributed by atoms with Crippen LogP contribution in [0.4, 0.5) is 8.78 Å². The zero-order valence-electron chi connectivity index (χ0n) is 22.2. The summed E-state index contributed by atoms with van der Waals surface area (Å²) < 4.78 is 28.7. The van der Waals surface area contributed by atoms with E-state index in [0.717, 1.165) is 30.9 Å². The molecule has 1 spiro atoms. The van der Waals surface area contributed by atoms with Crippen LogP contribution in [0.1, 0.15) is 81.3 Å². The first-order valence-electron chi connectivity index (χ1n) is 13.3. The first kappa shape index (κ1) is 27.0. The summed E-state index contributed by atoms with van der Waals surface area (Å²) in [5.74, 6) is -1.97. The quantitative estimate of drug-likeness (QED) is 0.504. The molecule has 1 saturated carbocycles. The Kier molecular flexibility index (Phi) is 7.81. The number of amides is 2. The third-order valence-corrected chi connectivity index (χ3v) is 7.86. The van der Waals surface area contributed by atoms with E-state index in [1.165, 1.54) is 12.1 Å². The lowest BCUT2D eigenvalue weighted by molar-refractivity contribution is -0.129. The van der Waals surface area contributed by atoms with E-state index in [-0.39, 0.29) is 28.5 Å². The molecule has 1 fully saturated rings. The summed E-state index contributed by atoms with van der Waals surface area (Å²) in [4.78, 5) is 32.5. The van der Waals surface area contributed by atoms with Gasteiger partial charge in [0, 0.05) is 24.2 Å². The molecule has 1 aliphatic carbocycles. The molecule has 0 atom stereocenters. The van der Waals surface area contributed by atoms with Gasteiger partial charge in [-0.3, -0.25) is 14.6 Å². The summed E-state index contributed by atoms with van der Waals surface area (Å²) in [6.45, 7) is 9.74. The van der Waals surface area contributed by atoms with Gasteiger partial charge in [0.05, 0.1) is 0 Å². The number of nitrogens with zero attached hydrogens (tertiary/aromatic N) is 2. The molecule has 37 heavy (non-hydrogen) atoms. The third kappa shape index (κ3) is 5.60. The highest BCUT2D eigenvalue weighted by molar-refractivity contribution is 6.46. The number of carbonyl (C=O) groups is 2. The largest absolute Gasteiger partial charge is 0.352 e. The van der Waals surface area contributed by atoms with Gasteiger partial charge in [-0.15, -0.1) is 0 Å². The lowest BCUT2D eigenvalue weighted by atomic mass is 9.69. The molecule has 0 aromatic heterocycles. The molecular weight excluding hydrogens is 472 g/mol. The highest BCUT2D eigenvalue weighted by atomic mass is 19.2. The van der Waals surface area contributed by atoms with Crippen LogP contribution >= 0.6 is 0 Å². The van der Waals surface area contributed by atoms with Gasteiger partial charge in [0.25, 0.3) is 11.8 Å². The first-order valence-corrected chi connectivity index (χ1v) is 13.3. The summed E-state index contributed by atoms with van der Waals surface area (Å²) in [5, 5.41) is 2.87. The van der Waals surface area contributed by atoms with Gasteiger partial charge in [-0.25, -0.2) is 8.78 Å². The summed E-state index contributed by atoms with van der Waals surface area (Å²) in [5.41, 5.74) is 0.928. The zero-order valence-corrected chi connectivity index (χ0v) is 22.2. The van der Waals surface area contributed by atoms with Crippen molar-refractivity contribution in [1.82, 2.24) is 10.2 Å². The Morgan fingerprint density at radius 2 is 1.78 bits per heavy atom. The topological polar surface area (TPSA) is 61.8 Å². The minimum atomic E-state index is -1.04. The second-order valence-corrected chi connectivity index (χ2v) is 11.3. The highest BCUT2D eigenvalue weighted by Crippen LogP contribution is 2.46. The molecule has 1 aliphatic heterocycles. The Bertz CT molecular complexity index is 1180. The number of hydrogen-bond acceptors (Lipinski definition) is 3. The average Bonchev–Trinajstić information content (AvgIpc) is 3.13. The molecule has 2 aromatic carbocycles. The molecule has 7 heteroatoms. The first-order chi connectivity index (χ1) is 17.6. The fraction of sp³-hybridized carbons (Fsp3) is 0.500. The van der Waals surface area contributed by atoms with E-state index >= 15 is 0 Å². The second kappa shape index (κ2) is 10.7. The molecule has 1 heterocycles. The summed E-state index contributed by atoms with van der Waals surface area (Å²) in [6, 6.07) is 11.3. The van der Waals surface area contributed by atoms with Crippen LogP contribution in [-0.2, 0) is 11.2 Å². The maximum atomic E-state index is 14.7. The van der Waals surface area contributed by atoms with E-state index in [0.29, 0.717) is 43.8 Å². The number of carbonyl (C=O) groups excluding carboxylic acids is 2. The van der Waals surface area contributed by atoms with Gasteiger partial charge in [-0.2, -0.15) is 0 Å². The van der Waals surface area contributed by atoms with E-state index in [2.05, 4.69) is 26.1 Å². The smallest absolute Gasteiger partial charge is 0.274 e. The van der Waals surface area contributed by atoms with Gasteiger partial charge in [0.2, 0.25) is 0 Å². The van der Waals surface area contributed by atoms with E-state index < -0.39 is 17.3 Å². The maximum Gasteiger partial charge on any atom is 0.274 e. The van der Waals surface area contributed by atoms with E-state index in [9.17, 15) is 18.4 Å². The second-order valence-electron chi connectivity index (χ2n) is 11.3. The van der Waals surface area contributed by atoms with Crippen LogP contribution < -0.4 is 5.32 Å². The van der Waals surface area contributed by atoms with Gasteiger partial charge in [-0.05, 0) is 79.7 Å². The van der Waals surface area contributed by atoms with Gasteiger partial charge >= 0.3 is 0 Å². The molecule has 0 radical (unpaired) electrons. The minimum Gasteiger partial charge on any atom is -0.352 e. The standard InChI is InChI=1S/C30H37F2N3O2/c1-5-18-33-27(36)21-11-9-20(10-12-21)15-19-35-28(37)26(23-7-6-8-24(31)25(23)32)34-30(35)16-13-22(14-17-30)29(2,3)4/h6-12,22H,5,13-19H2,1-4H3,(H,33,36). The van der Waals surface area contributed by atoms with Crippen LogP contribution in [-0.4, -0.2) is 41.2 Å². The van der Waals surface area contributed by atoms with Gasteiger partial charge < -0.3 is 10.2 Å². The van der Waals surface area contributed by atoms with Crippen molar-refractivity contribution in [3.8, 4) is 0 Å². The molecule has 198 valence electrons. The Balaban J connectivity index is 1.56. The number of halogens is 2. The Labute approximate surface area is 218 Å². The van der Waals surface area contributed by atoms with E-state index in [1.54, 1.807) is 17.0 Å². The van der Waals surface area contributed by atoms with Crippen LogP contribution in [0.25, 0.3) is 0 Å². The molecule has 2 aliphatic rings. The van der Waals surface area contributed by atoms with Gasteiger partial charge in [-0.1, -0.05) is 45.9 Å². The minimum absolute atomic E-state index is 0.00847. The number of nitrogens with one attached hydrogen (secondary N) is 1. The maximum absolute atomic E-state index is 14.7. The number of hydrogen-bond donors (Lipinski definition) is 1. The Morgan fingerprint density at radius 1 is 1.11 bits per heavy atom.